The second kappa shape index (κ2) is 8.31. The van der Waals surface area contributed by atoms with Gasteiger partial charge in [-0.2, -0.15) is 0 Å². The van der Waals surface area contributed by atoms with Crippen LogP contribution >= 0.6 is 11.8 Å². The average molecular weight is 311 g/mol. The van der Waals surface area contributed by atoms with Crippen molar-refractivity contribution in [1.29, 1.82) is 0 Å². The van der Waals surface area contributed by atoms with E-state index in [4.69, 9.17) is 4.74 Å². The normalized spacial score (nSPS) is 11.4. The van der Waals surface area contributed by atoms with Crippen molar-refractivity contribution in [2.24, 2.45) is 0 Å². The van der Waals surface area contributed by atoms with Gasteiger partial charge in [-0.3, -0.25) is 10.1 Å². The molecule has 1 N–H and O–H groups in total. The SMILES string of the molecule is CCSc1ccccc1C(=O)O[C@H](C)C(=O)NC(=O)OC. The highest BCUT2D eigenvalue weighted by Gasteiger charge is 2.22. The maximum absolute atomic E-state index is 12.1. The summed E-state index contributed by atoms with van der Waals surface area (Å²) in [6.45, 7) is 3.35. The number of ether oxygens (including phenoxy) is 2. The molecule has 0 fully saturated rings. The van der Waals surface area contributed by atoms with E-state index >= 15 is 0 Å². The molecule has 114 valence electrons. The number of hydrogen-bond donors (Lipinski definition) is 1. The number of rotatable bonds is 5. The maximum Gasteiger partial charge on any atom is 0.413 e. The molecule has 1 rings (SSSR count). The van der Waals surface area contributed by atoms with Gasteiger partial charge in [0.2, 0.25) is 0 Å². The number of benzene rings is 1. The standard InChI is InChI=1S/C14H17NO5S/c1-4-21-11-8-6-5-7-10(11)13(17)20-9(2)12(16)15-14(18)19-3/h5-9H,4H2,1-3H3,(H,15,16,18)/t9-/m1/s1. The van der Waals surface area contributed by atoms with Gasteiger partial charge in [0.15, 0.2) is 6.10 Å². The zero-order valence-corrected chi connectivity index (χ0v) is 12.9. The third-order valence-electron chi connectivity index (χ3n) is 2.47. The van der Waals surface area contributed by atoms with E-state index in [0.29, 0.717) is 5.56 Å². The van der Waals surface area contributed by atoms with Gasteiger partial charge < -0.3 is 9.47 Å². The van der Waals surface area contributed by atoms with E-state index < -0.39 is 24.1 Å². The van der Waals surface area contributed by atoms with Gasteiger partial charge in [0.25, 0.3) is 5.91 Å². The number of carbonyl (C=O) groups is 3. The van der Waals surface area contributed by atoms with Crippen LogP contribution in [0, 0.1) is 0 Å². The summed E-state index contributed by atoms with van der Waals surface area (Å²) in [7, 11) is 1.14. The molecule has 0 saturated heterocycles. The summed E-state index contributed by atoms with van der Waals surface area (Å²) in [6.07, 6.45) is -2.00. The van der Waals surface area contributed by atoms with Crippen LogP contribution in [0.4, 0.5) is 4.79 Å². The van der Waals surface area contributed by atoms with Crippen LogP contribution in [0.2, 0.25) is 0 Å². The summed E-state index contributed by atoms with van der Waals surface area (Å²) in [5, 5.41) is 1.94. The monoisotopic (exact) mass is 311 g/mol. The van der Waals surface area contributed by atoms with Crippen molar-refractivity contribution in [3.63, 3.8) is 0 Å². The minimum atomic E-state index is -1.10. The fourth-order valence-electron chi connectivity index (χ4n) is 1.45. The third-order valence-corrected chi connectivity index (χ3v) is 3.43. The molecule has 0 heterocycles. The van der Waals surface area contributed by atoms with E-state index in [1.165, 1.54) is 18.7 Å². The Bertz CT molecular complexity index is 532. The van der Waals surface area contributed by atoms with Crippen LogP contribution < -0.4 is 5.32 Å². The van der Waals surface area contributed by atoms with Gasteiger partial charge in [-0.15, -0.1) is 11.8 Å². The summed E-state index contributed by atoms with van der Waals surface area (Å²) >= 11 is 1.50. The fourth-order valence-corrected chi connectivity index (χ4v) is 2.24. The number of methoxy groups -OCH3 is 1. The van der Waals surface area contributed by atoms with Gasteiger partial charge in [-0.05, 0) is 24.8 Å². The Kier molecular flexibility index (Phi) is 6.74. The Labute approximate surface area is 127 Å². The molecule has 0 aliphatic carbocycles. The van der Waals surface area contributed by atoms with Gasteiger partial charge in [-0.25, -0.2) is 9.59 Å². The molecule has 0 spiro atoms. The lowest BCUT2D eigenvalue weighted by molar-refractivity contribution is -0.128. The Balaban J connectivity index is 2.72. The molecule has 0 saturated carbocycles. The van der Waals surface area contributed by atoms with Crippen molar-refractivity contribution in [3.05, 3.63) is 29.8 Å². The molecule has 0 bridgehead atoms. The lowest BCUT2D eigenvalue weighted by Crippen LogP contribution is -2.39. The van der Waals surface area contributed by atoms with E-state index in [2.05, 4.69) is 4.74 Å². The number of esters is 1. The van der Waals surface area contributed by atoms with Crippen LogP contribution in [0.1, 0.15) is 24.2 Å². The molecular formula is C14H17NO5S. The lowest BCUT2D eigenvalue weighted by atomic mass is 10.2. The Morgan fingerprint density at radius 1 is 1.29 bits per heavy atom. The summed E-state index contributed by atoms with van der Waals surface area (Å²) in [6, 6.07) is 6.98. The van der Waals surface area contributed by atoms with Gasteiger partial charge in [-0.1, -0.05) is 19.1 Å². The highest BCUT2D eigenvalue weighted by Crippen LogP contribution is 2.23. The fraction of sp³-hybridized carbons (Fsp3) is 0.357. The highest BCUT2D eigenvalue weighted by atomic mass is 32.2. The van der Waals surface area contributed by atoms with Crippen LogP contribution in [0.15, 0.2) is 29.2 Å². The molecule has 1 aromatic carbocycles. The smallest absolute Gasteiger partial charge is 0.413 e. The van der Waals surface area contributed by atoms with Crippen molar-refractivity contribution in [1.82, 2.24) is 5.32 Å². The molecule has 21 heavy (non-hydrogen) atoms. The second-order valence-electron chi connectivity index (χ2n) is 3.96. The number of carbonyl (C=O) groups excluding carboxylic acids is 3. The van der Waals surface area contributed by atoms with Gasteiger partial charge in [0.1, 0.15) is 0 Å². The Morgan fingerprint density at radius 3 is 2.57 bits per heavy atom. The minimum absolute atomic E-state index is 0.391. The number of nitrogens with one attached hydrogen (secondary N) is 1. The molecule has 0 aliphatic heterocycles. The van der Waals surface area contributed by atoms with Crippen LogP contribution in [-0.2, 0) is 14.3 Å². The predicted octanol–water partition coefficient (Wildman–Crippen LogP) is 2.23. The topological polar surface area (TPSA) is 81.7 Å². The predicted molar refractivity (Wildman–Crippen MR) is 78.3 cm³/mol. The molecule has 1 atom stereocenters. The maximum atomic E-state index is 12.1. The van der Waals surface area contributed by atoms with Crippen LogP contribution in [0.5, 0.6) is 0 Å². The summed E-state index contributed by atoms with van der Waals surface area (Å²) in [5.41, 5.74) is 0.391. The van der Waals surface area contributed by atoms with Crippen LogP contribution in [-0.4, -0.2) is 36.9 Å². The molecular weight excluding hydrogens is 294 g/mol. The van der Waals surface area contributed by atoms with Crippen molar-refractivity contribution in [2.45, 2.75) is 24.8 Å². The summed E-state index contributed by atoms with van der Waals surface area (Å²) < 4.78 is 9.36. The number of imide groups is 1. The molecule has 0 aliphatic rings. The van der Waals surface area contributed by atoms with E-state index in [0.717, 1.165) is 17.8 Å². The zero-order chi connectivity index (χ0) is 15.8. The summed E-state index contributed by atoms with van der Waals surface area (Å²) in [5.74, 6) is -0.544. The lowest BCUT2D eigenvalue weighted by Gasteiger charge is -2.13. The minimum Gasteiger partial charge on any atom is -0.453 e. The molecule has 2 amide bonds. The highest BCUT2D eigenvalue weighted by molar-refractivity contribution is 7.99. The first kappa shape index (κ1) is 17.0. The first-order valence-corrected chi connectivity index (χ1v) is 7.29. The molecule has 1 aromatic rings. The van der Waals surface area contributed by atoms with Crippen LogP contribution in [0.25, 0.3) is 0 Å². The number of thioether (sulfide) groups is 1. The average Bonchev–Trinajstić information content (AvgIpc) is 2.47. The van der Waals surface area contributed by atoms with Gasteiger partial charge in [0.05, 0.1) is 12.7 Å². The van der Waals surface area contributed by atoms with Crippen LogP contribution in [0.3, 0.4) is 0 Å². The molecule has 0 unspecified atom stereocenters. The zero-order valence-electron chi connectivity index (χ0n) is 12.0. The largest absolute Gasteiger partial charge is 0.453 e. The Morgan fingerprint density at radius 2 is 1.95 bits per heavy atom. The first-order valence-electron chi connectivity index (χ1n) is 6.31. The van der Waals surface area contributed by atoms with Crippen molar-refractivity contribution in [2.75, 3.05) is 12.9 Å². The molecule has 7 heteroatoms. The van der Waals surface area contributed by atoms with Crippen molar-refractivity contribution < 1.29 is 23.9 Å². The van der Waals surface area contributed by atoms with Gasteiger partial charge in [0, 0.05) is 4.90 Å². The van der Waals surface area contributed by atoms with Crippen molar-refractivity contribution >= 4 is 29.7 Å². The van der Waals surface area contributed by atoms with E-state index in [9.17, 15) is 14.4 Å². The summed E-state index contributed by atoms with van der Waals surface area (Å²) in [4.78, 5) is 35.4. The molecule has 0 aromatic heterocycles. The Hall–Kier alpha value is -2.02. The van der Waals surface area contributed by atoms with E-state index in [-0.39, 0.29) is 0 Å². The van der Waals surface area contributed by atoms with E-state index in [1.54, 1.807) is 12.1 Å². The third kappa shape index (κ3) is 5.11. The molecule has 0 radical (unpaired) electrons. The number of alkyl carbamates (subject to hydrolysis) is 1. The number of hydrogen-bond acceptors (Lipinski definition) is 6. The second-order valence-corrected chi connectivity index (χ2v) is 5.26. The molecule has 6 nitrogen and oxygen atoms in total. The number of amides is 2. The first-order chi connectivity index (χ1) is 9.99. The van der Waals surface area contributed by atoms with E-state index in [1.807, 2.05) is 24.4 Å². The van der Waals surface area contributed by atoms with Crippen molar-refractivity contribution in [3.8, 4) is 0 Å². The van der Waals surface area contributed by atoms with Gasteiger partial charge >= 0.3 is 12.1 Å². The quantitative estimate of drug-likeness (QED) is 0.663.